The van der Waals surface area contributed by atoms with Gasteiger partial charge >= 0.3 is 5.97 Å². The summed E-state index contributed by atoms with van der Waals surface area (Å²) in [6.45, 7) is 1.99. The minimum atomic E-state index is -1.10. The van der Waals surface area contributed by atoms with Gasteiger partial charge in [0.1, 0.15) is 6.04 Å². The van der Waals surface area contributed by atoms with Gasteiger partial charge in [-0.15, -0.1) is 0 Å². The molecular weight excluding hydrogens is 324 g/mol. The van der Waals surface area contributed by atoms with E-state index in [0.717, 1.165) is 0 Å². The molecule has 0 spiro atoms. The normalized spacial score (nSPS) is 18.2. The molecule has 3 rings (SSSR count). The lowest BCUT2D eigenvalue weighted by molar-refractivity contribution is -0.149. The molecule has 0 unspecified atom stereocenters. The largest absolute Gasteiger partial charge is 0.479 e. The predicted molar refractivity (Wildman–Crippen MR) is 87.8 cm³/mol. The van der Waals surface area contributed by atoms with Gasteiger partial charge in [0.2, 0.25) is 5.91 Å². The number of likely N-dealkylation sites (tertiary alicyclic amines) is 1. The fraction of sp³-hybridized carbons (Fsp3) is 0.278. The first-order chi connectivity index (χ1) is 12.0. The SMILES string of the molecule is Cc1ccoc1C(=O)N[C@@H]1CCN([C@H](C(=O)O)c2ccccc2)C1=O. The Hall–Kier alpha value is -3.09. The molecule has 0 saturated carbocycles. The third-order valence-corrected chi connectivity index (χ3v) is 4.27. The van der Waals surface area contributed by atoms with Crippen LogP contribution in [0.2, 0.25) is 0 Å². The lowest BCUT2D eigenvalue weighted by Gasteiger charge is -2.25. The first kappa shape index (κ1) is 16.8. The minimum absolute atomic E-state index is 0.157. The van der Waals surface area contributed by atoms with Crippen molar-refractivity contribution < 1.29 is 23.9 Å². The highest BCUT2D eigenvalue weighted by atomic mass is 16.4. The number of aliphatic carboxylic acids is 1. The fourth-order valence-electron chi connectivity index (χ4n) is 3.01. The van der Waals surface area contributed by atoms with E-state index in [1.165, 1.54) is 11.2 Å². The van der Waals surface area contributed by atoms with Gasteiger partial charge in [0.15, 0.2) is 11.8 Å². The van der Waals surface area contributed by atoms with Crippen LogP contribution in [0.4, 0.5) is 0 Å². The first-order valence-electron chi connectivity index (χ1n) is 7.92. The van der Waals surface area contributed by atoms with Gasteiger partial charge in [-0.05, 0) is 25.0 Å². The van der Waals surface area contributed by atoms with Gasteiger partial charge in [0.25, 0.3) is 5.91 Å². The number of carbonyl (C=O) groups excluding carboxylic acids is 2. The number of benzene rings is 1. The molecule has 1 aliphatic rings. The fourth-order valence-corrected chi connectivity index (χ4v) is 3.01. The Labute approximate surface area is 144 Å². The third kappa shape index (κ3) is 3.26. The summed E-state index contributed by atoms with van der Waals surface area (Å²) in [5, 5.41) is 12.2. The maximum Gasteiger partial charge on any atom is 0.331 e. The number of nitrogens with zero attached hydrogens (tertiary/aromatic N) is 1. The van der Waals surface area contributed by atoms with E-state index in [1.54, 1.807) is 43.3 Å². The van der Waals surface area contributed by atoms with Gasteiger partial charge in [-0.2, -0.15) is 0 Å². The highest BCUT2D eigenvalue weighted by molar-refractivity contribution is 5.98. The number of hydrogen-bond acceptors (Lipinski definition) is 4. The van der Waals surface area contributed by atoms with Gasteiger partial charge in [-0.25, -0.2) is 4.79 Å². The van der Waals surface area contributed by atoms with E-state index in [2.05, 4.69) is 5.32 Å². The van der Waals surface area contributed by atoms with Crippen molar-refractivity contribution in [1.29, 1.82) is 0 Å². The zero-order valence-electron chi connectivity index (χ0n) is 13.6. The molecule has 25 heavy (non-hydrogen) atoms. The third-order valence-electron chi connectivity index (χ3n) is 4.27. The number of rotatable bonds is 5. The summed E-state index contributed by atoms with van der Waals surface area (Å²) in [7, 11) is 0. The van der Waals surface area contributed by atoms with Crippen molar-refractivity contribution in [3.05, 3.63) is 59.5 Å². The number of carbonyl (C=O) groups is 3. The zero-order valence-corrected chi connectivity index (χ0v) is 13.6. The summed E-state index contributed by atoms with van der Waals surface area (Å²) < 4.78 is 5.12. The van der Waals surface area contributed by atoms with Crippen LogP contribution in [0.5, 0.6) is 0 Å². The van der Waals surface area contributed by atoms with E-state index in [4.69, 9.17) is 4.42 Å². The maximum absolute atomic E-state index is 12.6. The van der Waals surface area contributed by atoms with E-state index in [-0.39, 0.29) is 12.3 Å². The van der Waals surface area contributed by atoms with E-state index >= 15 is 0 Å². The molecule has 1 aliphatic heterocycles. The molecule has 1 fully saturated rings. The van der Waals surface area contributed by atoms with Crippen molar-refractivity contribution in [3.8, 4) is 0 Å². The van der Waals surface area contributed by atoms with Crippen molar-refractivity contribution >= 4 is 17.8 Å². The van der Waals surface area contributed by atoms with E-state index < -0.39 is 29.9 Å². The Bertz CT molecular complexity index is 799. The quantitative estimate of drug-likeness (QED) is 0.862. The van der Waals surface area contributed by atoms with E-state index in [1.807, 2.05) is 0 Å². The minimum Gasteiger partial charge on any atom is -0.479 e. The molecule has 2 amide bonds. The molecule has 2 N–H and O–H groups in total. The van der Waals surface area contributed by atoms with Crippen LogP contribution < -0.4 is 5.32 Å². The van der Waals surface area contributed by atoms with Gasteiger partial charge in [-0.3, -0.25) is 9.59 Å². The summed E-state index contributed by atoms with van der Waals surface area (Å²) in [5.41, 5.74) is 1.20. The van der Waals surface area contributed by atoms with Crippen molar-refractivity contribution in [2.45, 2.75) is 25.4 Å². The lowest BCUT2D eigenvalue weighted by atomic mass is 10.1. The molecule has 2 heterocycles. The second kappa shape index (κ2) is 6.80. The number of carboxylic acids is 1. The molecular formula is C18H18N2O5. The number of furan rings is 1. The molecule has 1 saturated heterocycles. The van der Waals surface area contributed by atoms with Crippen molar-refractivity contribution in [2.24, 2.45) is 0 Å². The molecule has 7 nitrogen and oxygen atoms in total. The summed E-state index contributed by atoms with van der Waals surface area (Å²) in [6.07, 6.45) is 1.75. The highest BCUT2D eigenvalue weighted by Gasteiger charge is 2.40. The van der Waals surface area contributed by atoms with E-state index in [9.17, 15) is 19.5 Å². The van der Waals surface area contributed by atoms with Crippen LogP contribution in [0, 0.1) is 6.92 Å². The van der Waals surface area contributed by atoms with Crippen LogP contribution in [0.25, 0.3) is 0 Å². The van der Waals surface area contributed by atoms with Crippen molar-refractivity contribution in [3.63, 3.8) is 0 Å². The van der Waals surface area contributed by atoms with Crippen LogP contribution in [0.3, 0.4) is 0 Å². The lowest BCUT2D eigenvalue weighted by Crippen LogP contribution is -2.43. The van der Waals surface area contributed by atoms with Gasteiger partial charge in [-0.1, -0.05) is 30.3 Å². The average Bonchev–Trinajstić information content (AvgIpc) is 3.16. The smallest absolute Gasteiger partial charge is 0.331 e. The van der Waals surface area contributed by atoms with Gasteiger partial charge in [0.05, 0.1) is 6.26 Å². The molecule has 130 valence electrons. The van der Waals surface area contributed by atoms with Crippen molar-refractivity contribution in [2.75, 3.05) is 6.54 Å². The van der Waals surface area contributed by atoms with Gasteiger partial charge in [0, 0.05) is 12.1 Å². The predicted octanol–water partition coefficient (Wildman–Crippen LogP) is 1.74. The monoisotopic (exact) mass is 342 g/mol. The first-order valence-corrected chi connectivity index (χ1v) is 7.92. The molecule has 0 bridgehead atoms. The average molecular weight is 342 g/mol. The van der Waals surface area contributed by atoms with Crippen LogP contribution in [0.1, 0.15) is 34.1 Å². The number of hydrogen-bond donors (Lipinski definition) is 2. The number of nitrogens with one attached hydrogen (secondary N) is 1. The molecule has 1 aromatic carbocycles. The van der Waals surface area contributed by atoms with Crippen LogP contribution in [-0.4, -0.2) is 40.4 Å². The Morgan fingerprint density at radius 1 is 1.28 bits per heavy atom. The Kier molecular flexibility index (Phi) is 4.56. The number of carboxylic acid groups (broad SMARTS) is 1. The number of amides is 2. The molecule has 2 aromatic rings. The highest BCUT2D eigenvalue weighted by Crippen LogP contribution is 2.26. The molecule has 2 atom stereocenters. The summed E-state index contributed by atoms with van der Waals surface area (Å²) >= 11 is 0. The molecule has 0 aliphatic carbocycles. The van der Waals surface area contributed by atoms with Crippen molar-refractivity contribution in [1.82, 2.24) is 10.2 Å². The van der Waals surface area contributed by atoms with E-state index in [0.29, 0.717) is 17.5 Å². The second-order valence-electron chi connectivity index (χ2n) is 5.93. The van der Waals surface area contributed by atoms with Crippen LogP contribution in [0.15, 0.2) is 47.1 Å². The van der Waals surface area contributed by atoms with Crippen LogP contribution >= 0.6 is 0 Å². The zero-order chi connectivity index (χ0) is 18.0. The topological polar surface area (TPSA) is 99.8 Å². The van der Waals surface area contributed by atoms with Crippen LogP contribution in [-0.2, 0) is 9.59 Å². The Morgan fingerprint density at radius 2 is 2.00 bits per heavy atom. The standard InChI is InChI=1S/C18H18N2O5/c1-11-8-10-25-15(11)16(21)19-13-7-9-20(17(13)22)14(18(23)24)12-5-3-2-4-6-12/h2-6,8,10,13-14H,7,9H2,1H3,(H,19,21)(H,23,24)/t13-,14+/m1/s1. The molecule has 7 heteroatoms. The number of aryl methyl sites for hydroxylation is 1. The van der Waals surface area contributed by atoms with Gasteiger partial charge < -0.3 is 19.7 Å². The maximum atomic E-state index is 12.6. The molecule has 0 radical (unpaired) electrons. The summed E-state index contributed by atoms with van der Waals surface area (Å²) in [4.78, 5) is 37.8. The Balaban J connectivity index is 1.75. The summed E-state index contributed by atoms with van der Waals surface area (Å²) in [6, 6.07) is 8.41. The molecule has 1 aromatic heterocycles. The Morgan fingerprint density at radius 3 is 2.60 bits per heavy atom. The summed E-state index contributed by atoms with van der Waals surface area (Å²) in [5.74, 6) is -1.83. The second-order valence-corrected chi connectivity index (χ2v) is 5.93.